The average molecular weight is 523 g/mol. The highest BCUT2D eigenvalue weighted by Crippen LogP contribution is 2.31. The van der Waals surface area contributed by atoms with E-state index in [0.29, 0.717) is 50.2 Å². The fourth-order valence-electron chi connectivity index (χ4n) is 5.40. The van der Waals surface area contributed by atoms with E-state index in [9.17, 15) is 13.2 Å². The number of sulfonamides is 1. The molecule has 2 aliphatic rings. The van der Waals surface area contributed by atoms with Crippen molar-refractivity contribution in [3.8, 4) is 5.88 Å². The summed E-state index contributed by atoms with van der Waals surface area (Å²) in [4.78, 5) is 20.1. The Morgan fingerprint density at radius 1 is 1.08 bits per heavy atom. The van der Waals surface area contributed by atoms with Crippen molar-refractivity contribution in [1.82, 2.24) is 19.9 Å². The van der Waals surface area contributed by atoms with Gasteiger partial charge in [-0.25, -0.2) is 18.1 Å². The van der Waals surface area contributed by atoms with Gasteiger partial charge in [-0.3, -0.25) is 4.79 Å². The van der Waals surface area contributed by atoms with Crippen LogP contribution in [-0.2, 0) is 14.8 Å². The van der Waals surface area contributed by atoms with Gasteiger partial charge in [-0.2, -0.15) is 0 Å². The molecule has 1 aromatic heterocycles. The molecule has 2 aromatic carbocycles. The Bertz CT molecular complexity index is 1340. The molecule has 1 aliphatic heterocycles. The molecule has 0 spiro atoms. The molecule has 0 bridgehead atoms. The summed E-state index contributed by atoms with van der Waals surface area (Å²) in [6, 6.07) is 18.5. The third-order valence-electron chi connectivity index (χ3n) is 7.35. The number of benzene rings is 2. The monoisotopic (exact) mass is 522 g/mol. The van der Waals surface area contributed by atoms with E-state index in [1.807, 2.05) is 36.1 Å². The van der Waals surface area contributed by atoms with Gasteiger partial charge in [-0.1, -0.05) is 30.3 Å². The number of hydrogen-bond acceptors (Lipinski definition) is 6. The fraction of sp³-hybridized carbons (Fsp3) is 0.429. The molecule has 5 rings (SSSR count). The van der Waals surface area contributed by atoms with Gasteiger partial charge < -0.3 is 15.0 Å². The van der Waals surface area contributed by atoms with Crippen molar-refractivity contribution in [2.45, 2.75) is 49.6 Å². The van der Waals surface area contributed by atoms with Crippen molar-refractivity contribution in [2.24, 2.45) is 5.92 Å². The Labute approximate surface area is 218 Å². The number of rotatable bonds is 7. The minimum absolute atomic E-state index is 0.0330. The van der Waals surface area contributed by atoms with Gasteiger partial charge in [-0.05, 0) is 62.4 Å². The van der Waals surface area contributed by atoms with Gasteiger partial charge in [0, 0.05) is 43.0 Å². The van der Waals surface area contributed by atoms with E-state index in [4.69, 9.17) is 4.74 Å². The Kier molecular flexibility index (Phi) is 7.73. The van der Waals surface area contributed by atoms with Gasteiger partial charge in [-0.15, -0.1) is 0 Å². The summed E-state index contributed by atoms with van der Waals surface area (Å²) in [7, 11) is -3.69. The summed E-state index contributed by atoms with van der Waals surface area (Å²) < 4.78 is 34.6. The summed E-state index contributed by atoms with van der Waals surface area (Å²) in [5.74, 6) is 0.632. The van der Waals surface area contributed by atoms with Crippen molar-refractivity contribution in [2.75, 3.05) is 26.2 Å². The molecule has 1 atom stereocenters. The van der Waals surface area contributed by atoms with E-state index in [1.165, 1.54) is 0 Å². The Morgan fingerprint density at radius 2 is 1.86 bits per heavy atom. The number of ether oxygens (including phenoxy) is 1. The molecule has 1 amide bonds. The molecule has 8 nitrogen and oxygen atoms in total. The smallest absolute Gasteiger partial charge is 0.240 e. The van der Waals surface area contributed by atoms with E-state index in [2.05, 4.69) is 27.2 Å². The second-order valence-electron chi connectivity index (χ2n) is 9.77. The Morgan fingerprint density at radius 3 is 2.62 bits per heavy atom. The zero-order valence-electron chi connectivity index (χ0n) is 21.1. The maximum absolute atomic E-state index is 13.5. The number of pyridine rings is 1. The first-order chi connectivity index (χ1) is 17.9. The molecule has 3 aromatic rings. The van der Waals surface area contributed by atoms with Gasteiger partial charge >= 0.3 is 0 Å². The van der Waals surface area contributed by atoms with E-state index in [0.717, 1.165) is 24.0 Å². The summed E-state index contributed by atoms with van der Waals surface area (Å²) in [6.45, 7) is 4.64. The zero-order chi connectivity index (χ0) is 25.8. The first kappa shape index (κ1) is 25.6. The number of nitrogens with one attached hydrogen (secondary N) is 2. The Hall–Kier alpha value is -3.01. The number of aromatic nitrogens is 1. The zero-order valence-corrected chi connectivity index (χ0v) is 21.9. The second kappa shape index (κ2) is 11.2. The van der Waals surface area contributed by atoms with Gasteiger partial charge in [0.15, 0.2) is 0 Å². The highest BCUT2D eigenvalue weighted by molar-refractivity contribution is 7.89. The van der Waals surface area contributed by atoms with Crippen LogP contribution in [0, 0.1) is 5.92 Å². The van der Waals surface area contributed by atoms with Crippen LogP contribution in [0.2, 0.25) is 0 Å². The van der Waals surface area contributed by atoms with E-state index in [-0.39, 0.29) is 28.8 Å². The van der Waals surface area contributed by atoms with E-state index < -0.39 is 10.0 Å². The lowest BCUT2D eigenvalue weighted by atomic mass is 9.85. The van der Waals surface area contributed by atoms with Crippen molar-refractivity contribution < 1.29 is 17.9 Å². The summed E-state index contributed by atoms with van der Waals surface area (Å²) in [6.07, 6.45) is 2.65. The van der Waals surface area contributed by atoms with E-state index >= 15 is 0 Å². The summed E-state index contributed by atoms with van der Waals surface area (Å²) in [5.41, 5.74) is 1.83. The Balaban J connectivity index is 1.21. The topological polar surface area (TPSA) is 101 Å². The number of carbonyl (C=O) groups is 1. The highest BCUT2D eigenvalue weighted by Gasteiger charge is 2.35. The standard InChI is InChI=1S/C28H34N4O4S/c1-2-36-27-15-10-22-18-24(13-14-25(22)30-27)37(34,35)31-23-11-8-21(9-12-23)28(33)32-17-16-29-19-26(32)20-6-4-3-5-7-20/h3-7,10,13-15,18,21,23,26,29,31H,2,8-9,11-12,16-17,19H2,1H3/t21-,23-,26?. The van der Waals surface area contributed by atoms with Crippen LogP contribution in [0.4, 0.5) is 0 Å². The molecule has 2 fully saturated rings. The highest BCUT2D eigenvalue weighted by atomic mass is 32.2. The molecule has 196 valence electrons. The lowest BCUT2D eigenvalue weighted by Gasteiger charge is -2.40. The first-order valence-electron chi connectivity index (χ1n) is 13.1. The maximum Gasteiger partial charge on any atom is 0.240 e. The SMILES string of the molecule is CCOc1ccc2cc(S(=O)(=O)N[C@H]3CC[C@H](C(=O)N4CCNCC4c4ccccc4)CC3)ccc2n1. The second-order valence-corrected chi connectivity index (χ2v) is 11.5. The third kappa shape index (κ3) is 5.79. The molecular weight excluding hydrogens is 488 g/mol. The van der Waals surface area contributed by atoms with Crippen LogP contribution < -0.4 is 14.8 Å². The molecule has 9 heteroatoms. The van der Waals surface area contributed by atoms with E-state index in [1.54, 1.807) is 24.3 Å². The van der Waals surface area contributed by atoms with Gasteiger partial charge in [0.05, 0.1) is 23.1 Å². The maximum atomic E-state index is 13.5. The first-order valence-corrected chi connectivity index (χ1v) is 14.5. The van der Waals surface area contributed by atoms with Crippen molar-refractivity contribution in [1.29, 1.82) is 0 Å². The number of nitrogens with zero attached hydrogens (tertiary/aromatic N) is 2. The van der Waals surface area contributed by atoms with Crippen LogP contribution >= 0.6 is 0 Å². The van der Waals surface area contributed by atoms with Crippen molar-refractivity contribution in [3.05, 3.63) is 66.2 Å². The number of carbonyl (C=O) groups excluding carboxylic acids is 1. The lowest BCUT2D eigenvalue weighted by molar-refractivity contribution is -0.140. The molecule has 1 aliphatic carbocycles. The van der Waals surface area contributed by atoms with Crippen molar-refractivity contribution in [3.63, 3.8) is 0 Å². The molecule has 2 N–H and O–H groups in total. The van der Waals surface area contributed by atoms with Crippen LogP contribution in [0.1, 0.15) is 44.2 Å². The third-order valence-corrected chi connectivity index (χ3v) is 8.86. The molecule has 37 heavy (non-hydrogen) atoms. The predicted octanol–water partition coefficient (Wildman–Crippen LogP) is 3.64. The minimum Gasteiger partial charge on any atom is -0.478 e. The van der Waals surface area contributed by atoms with Crippen LogP contribution in [0.25, 0.3) is 10.9 Å². The number of amides is 1. The molecule has 1 unspecified atom stereocenters. The predicted molar refractivity (Wildman–Crippen MR) is 143 cm³/mol. The van der Waals surface area contributed by atoms with Gasteiger partial charge in [0.1, 0.15) is 0 Å². The number of fused-ring (bicyclic) bond motifs is 1. The lowest BCUT2D eigenvalue weighted by Crippen LogP contribution is -2.51. The summed E-state index contributed by atoms with van der Waals surface area (Å²) >= 11 is 0. The summed E-state index contributed by atoms with van der Waals surface area (Å²) in [5, 5.41) is 4.15. The molecule has 1 saturated heterocycles. The molecular formula is C28H34N4O4S. The largest absolute Gasteiger partial charge is 0.478 e. The average Bonchev–Trinajstić information content (AvgIpc) is 2.93. The minimum atomic E-state index is -3.69. The van der Waals surface area contributed by atoms with Crippen LogP contribution in [0.5, 0.6) is 5.88 Å². The fourth-order valence-corrected chi connectivity index (χ4v) is 6.74. The molecule has 0 radical (unpaired) electrons. The van der Waals surface area contributed by atoms with Crippen LogP contribution in [0.3, 0.4) is 0 Å². The normalized spacial score (nSPS) is 22.6. The van der Waals surface area contributed by atoms with Gasteiger partial charge in [0.25, 0.3) is 0 Å². The number of hydrogen-bond donors (Lipinski definition) is 2. The van der Waals surface area contributed by atoms with Crippen LogP contribution in [0.15, 0.2) is 65.6 Å². The molecule has 2 heterocycles. The van der Waals surface area contributed by atoms with Crippen LogP contribution in [-0.4, -0.2) is 56.5 Å². The quantitative estimate of drug-likeness (QED) is 0.491. The van der Waals surface area contributed by atoms with Crippen molar-refractivity contribution >= 4 is 26.8 Å². The van der Waals surface area contributed by atoms with Gasteiger partial charge in [0.2, 0.25) is 21.8 Å². The number of piperazine rings is 1. The molecule has 1 saturated carbocycles.